The first kappa shape index (κ1) is 23.6. The molecule has 2 heterocycles. The van der Waals surface area contributed by atoms with Crippen molar-refractivity contribution in [1.82, 2.24) is 14.9 Å². The fourth-order valence-electron chi connectivity index (χ4n) is 4.59. The number of ether oxygens (including phenoxy) is 2. The molecule has 2 atom stereocenters. The summed E-state index contributed by atoms with van der Waals surface area (Å²) in [6.07, 6.45) is 0.900. The van der Waals surface area contributed by atoms with Crippen LogP contribution in [-0.4, -0.2) is 42.1 Å². The Labute approximate surface area is 199 Å². The van der Waals surface area contributed by atoms with Gasteiger partial charge in [0.25, 0.3) is 0 Å². The SMILES string of the molecule is COc1ccc(N2CC(C(=O)N[C@@H](CC(C)C)c3nc4ccccc4n3C)CC2=O)c(OC)c1. The van der Waals surface area contributed by atoms with Crippen LogP contribution in [0, 0.1) is 11.8 Å². The zero-order chi connectivity index (χ0) is 24.4. The third kappa shape index (κ3) is 4.58. The summed E-state index contributed by atoms with van der Waals surface area (Å²) < 4.78 is 12.8. The van der Waals surface area contributed by atoms with Gasteiger partial charge in [-0.1, -0.05) is 26.0 Å². The zero-order valence-corrected chi connectivity index (χ0v) is 20.4. The monoisotopic (exact) mass is 464 g/mol. The molecule has 8 nitrogen and oxygen atoms in total. The second-order valence-electron chi connectivity index (χ2n) is 9.15. The number of aryl methyl sites for hydroxylation is 1. The van der Waals surface area contributed by atoms with Crippen LogP contribution in [0.1, 0.15) is 38.6 Å². The Kier molecular flexibility index (Phi) is 6.77. The average molecular weight is 465 g/mol. The zero-order valence-electron chi connectivity index (χ0n) is 20.4. The Morgan fingerprint density at radius 3 is 2.62 bits per heavy atom. The predicted octanol–water partition coefficient (Wildman–Crippen LogP) is 3.85. The fraction of sp³-hybridized carbons (Fsp3) is 0.423. The normalized spacial score (nSPS) is 16.8. The number of nitrogens with one attached hydrogen (secondary N) is 1. The Morgan fingerprint density at radius 2 is 1.94 bits per heavy atom. The number of rotatable bonds is 8. The van der Waals surface area contributed by atoms with Crippen molar-refractivity contribution in [3.8, 4) is 11.5 Å². The Morgan fingerprint density at radius 1 is 1.18 bits per heavy atom. The summed E-state index contributed by atoms with van der Waals surface area (Å²) in [6, 6.07) is 13.0. The number of benzene rings is 2. The maximum atomic E-state index is 13.3. The van der Waals surface area contributed by atoms with Crippen LogP contribution in [0.4, 0.5) is 5.69 Å². The molecule has 2 amide bonds. The standard InChI is InChI=1S/C26H32N4O4/c1-16(2)12-20(25-27-19-8-6-7-9-21(19)29(25)3)28-26(32)17-13-24(31)30(15-17)22-11-10-18(33-4)14-23(22)34-5/h6-11,14,16-17,20H,12-13,15H2,1-5H3,(H,28,32)/t17?,20-/m0/s1. The minimum atomic E-state index is -0.455. The summed E-state index contributed by atoms with van der Waals surface area (Å²) in [5, 5.41) is 3.20. The molecule has 2 aromatic carbocycles. The number of anilines is 1. The van der Waals surface area contributed by atoms with E-state index >= 15 is 0 Å². The average Bonchev–Trinajstić information content (AvgIpc) is 3.38. The Balaban J connectivity index is 1.55. The van der Waals surface area contributed by atoms with Crippen LogP contribution in [0.2, 0.25) is 0 Å². The number of amides is 2. The van der Waals surface area contributed by atoms with Gasteiger partial charge in [-0.05, 0) is 36.6 Å². The molecular formula is C26H32N4O4. The van der Waals surface area contributed by atoms with Gasteiger partial charge in [0.2, 0.25) is 11.8 Å². The van der Waals surface area contributed by atoms with Crippen molar-refractivity contribution in [3.63, 3.8) is 0 Å². The number of nitrogens with zero attached hydrogens (tertiary/aromatic N) is 3. The van der Waals surface area contributed by atoms with Crippen LogP contribution in [-0.2, 0) is 16.6 Å². The Hall–Kier alpha value is -3.55. The summed E-state index contributed by atoms with van der Waals surface area (Å²) in [6.45, 7) is 4.54. The molecule has 0 bridgehead atoms. The van der Waals surface area contributed by atoms with Gasteiger partial charge in [-0.25, -0.2) is 4.98 Å². The van der Waals surface area contributed by atoms with Gasteiger partial charge in [-0.3, -0.25) is 9.59 Å². The minimum Gasteiger partial charge on any atom is -0.497 e. The number of para-hydroxylation sites is 2. The number of hydrogen-bond acceptors (Lipinski definition) is 5. The summed E-state index contributed by atoms with van der Waals surface area (Å²) in [4.78, 5) is 32.6. The number of hydrogen-bond donors (Lipinski definition) is 1. The van der Waals surface area contributed by atoms with Crippen molar-refractivity contribution in [2.75, 3.05) is 25.7 Å². The number of methoxy groups -OCH3 is 2. The second-order valence-corrected chi connectivity index (χ2v) is 9.15. The number of imidazole rings is 1. The van der Waals surface area contributed by atoms with Gasteiger partial charge in [0.15, 0.2) is 0 Å². The molecule has 1 aliphatic heterocycles. The van der Waals surface area contributed by atoms with Crippen molar-refractivity contribution in [2.24, 2.45) is 18.9 Å². The highest BCUT2D eigenvalue weighted by Crippen LogP contribution is 2.36. The van der Waals surface area contributed by atoms with E-state index in [0.717, 1.165) is 23.3 Å². The quantitative estimate of drug-likeness (QED) is 0.547. The van der Waals surface area contributed by atoms with Crippen molar-refractivity contribution in [3.05, 3.63) is 48.3 Å². The van der Waals surface area contributed by atoms with Crippen LogP contribution < -0.4 is 19.7 Å². The second kappa shape index (κ2) is 9.75. The van der Waals surface area contributed by atoms with Gasteiger partial charge in [0.1, 0.15) is 17.3 Å². The van der Waals surface area contributed by atoms with E-state index in [0.29, 0.717) is 29.6 Å². The predicted molar refractivity (Wildman–Crippen MR) is 131 cm³/mol. The summed E-state index contributed by atoms with van der Waals surface area (Å²) >= 11 is 0. The van der Waals surface area contributed by atoms with E-state index in [1.807, 2.05) is 35.9 Å². The largest absolute Gasteiger partial charge is 0.497 e. The van der Waals surface area contributed by atoms with E-state index < -0.39 is 5.92 Å². The van der Waals surface area contributed by atoms with Crippen LogP contribution in [0.15, 0.2) is 42.5 Å². The van der Waals surface area contributed by atoms with E-state index in [1.54, 1.807) is 37.3 Å². The molecule has 1 N–H and O–H groups in total. The molecule has 180 valence electrons. The molecule has 0 radical (unpaired) electrons. The summed E-state index contributed by atoms with van der Waals surface area (Å²) in [5.41, 5.74) is 2.56. The first-order valence-electron chi connectivity index (χ1n) is 11.6. The highest BCUT2D eigenvalue weighted by Gasteiger charge is 2.37. The first-order chi connectivity index (χ1) is 16.3. The van der Waals surface area contributed by atoms with Crippen molar-refractivity contribution in [1.29, 1.82) is 0 Å². The number of aromatic nitrogens is 2. The van der Waals surface area contributed by atoms with E-state index in [-0.39, 0.29) is 24.3 Å². The van der Waals surface area contributed by atoms with Gasteiger partial charge >= 0.3 is 0 Å². The van der Waals surface area contributed by atoms with Crippen molar-refractivity contribution < 1.29 is 19.1 Å². The molecule has 0 spiro atoms. The van der Waals surface area contributed by atoms with Crippen molar-refractivity contribution >= 4 is 28.5 Å². The van der Waals surface area contributed by atoms with E-state index in [1.165, 1.54) is 0 Å². The molecule has 0 aliphatic carbocycles. The van der Waals surface area contributed by atoms with Crippen molar-refractivity contribution in [2.45, 2.75) is 32.7 Å². The smallest absolute Gasteiger partial charge is 0.227 e. The lowest BCUT2D eigenvalue weighted by molar-refractivity contribution is -0.127. The molecule has 1 fully saturated rings. The van der Waals surface area contributed by atoms with Crippen LogP contribution in [0.3, 0.4) is 0 Å². The van der Waals surface area contributed by atoms with Gasteiger partial charge < -0.3 is 24.3 Å². The maximum Gasteiger partial charge on any atom is 0.227 e. The maximum absolute atomic E-state index is 13.3. The van der Waals surface area contributed by atoms with Crippen LogP contribution >= 0.6 is 0 Å². The van der Waals surface area contributed by atoms with Gasteiger partial charge in [0.05, 0.1) is 42.9 Å². The summed E-state index contributed by atoms with van der Waals surface area (Å²) in [7, 11) is 5.10. The van der Waals surface area contributed by atoms with E-state index in [4.69, 9.17) is 14.5 Å². The molecule has 3 aromatic rings. The molecule has 1 saturated heterocycles. The van der Waals surface area contributed by atoms with Crippen LogP contribution in [0.25, 0.3) is 11.0 Å². The molecular weight excluding hydrogens is 432 g/mol. The third-order valence-electron chi connectivity index (χ3n) is 6.33. The van der Waals surface area contributed by atoms with Gasteiger partial charge in [0, 0.05) is 26.1 Å². The number of carbonyl (C=O) groups is 2. The summed E-state index contributed by atoms with van der Waals surface area (Å²) in [5.74, 6) is 1.65. The lowest BCUT2D eigenvalue weighted by atomic mass is 10.0. The van der Waals surface area contributed by atoms with E-state index in [9.17, 15) is 9.59 Å². The molecule has 1 aliphatic rings. The fourth-order valence-corrected chi connectivity index (χ4v) is 4.59. The first-order valence-corrected chi connectivity index (χ1v) is 11.6. The number of carbonyl (C=O) groups excluding carboxylic acids is 2. The Bertz CT molecular complexity index is 1200. The van der Waals surface area contributed by atoms with Gasteiger partial charge in [-0.2, -0.15) is 0 Å². The lowest BCUT2D eigenvalue weighted by Gasteiger charge is -2.23. The topological polar surface area (TPSA) is 85.7 Å². The molecule has 0 saturated carbocycles. The van der Waals surface area contributed by atoms with Crippen LogP contribution in [0.5, 0.6) is 11.5 Å². The minimum absolute atomic E-state index is 0.105. The number of fused-ring (bicyclic) bond motifs is 1. The molecule has 8 heteroatoms. The highest BCUT2D eigenvalue weighted by atomic mass is 16.5. The van der Waals surface area contributed by atoms with E-state index in [2.05, 4.69) is 19.2 Å². The third-order valence-corrected chi connectivity index (χ3v) is 6.33. The molecule has 1 aromatic heterocycles. The molecule has 34 heavy (non-hydrogen) atoms. The van der Waals surface area contributed by atoms with Gasteiger partial charge in [-0.15, -0.1) is 0 Å². The highest BCUT2D eigenvalue weighted by molar-refractivity contribution is 6.01. The molecule has 4 rings (SSSR count). The molecule has 1 unspecified atom stereocenters. The lowest BCUT2D eigenvalue weighted by Crippen LogP contribution is -2.37.